The van der Waals surface area contributed by atoms with Gasteiger partial charge in [0.15, 0.2) is 0 Å². The molecular formula is C17H28N2O2. The van der Waals surface area contributed by atoms with Gasteiger partial charge in [0.25, 0.3) is 0 Å². The quantitative estimate of drug-likeness (QED) is 0.811. The van der Waals surface area contributed by atoms with Crippen molar-refractivity contribution < 1.29 is 9.84 Å². The van der Waals surface area contributed by atoms with Gasteiger partial charge in [0, 0.05) is 6.54 Å². The molecule has 1 aliphatic carbocycles. The Hall–Kier alpha value is -1.13. The Labute approximate surface area is 127 Å². The summed E-state index contributed by atoms with van der Waals surface area (Å²) in [7, 11) is 0. The SMILES string of the molecule is CC(C)CNCc1ccc(OCC2(O)CCCCC2)cn1. The summed E-state index contributed by atoms with van der Waals surface area (Å²) in [6, 6.07) is 3.92. The fourth-order valence-corrected chi connectivity index (χ4v) is 2.66. The lowest BCUT2D eigenvalue weighted by Gasteiger charge is -2.31. The minimum Gasteiger partial charge on any atom is -0.489 e. The molecule has 0 aromatic carbocycles. The van der Waals surface area contributed by atoms with E-state index in [1.54, 1.807) is 6.20 Å². The molecule has 2 rings (SSSR count). The van der Waals surface area contributed by atoms with Crippen molar-refractivity contribution in [3.63, 3.8) is 0 Å². The van der Waals surface area contributed by atoms with Gasteiger partial charge in [0.1, 0.15) is 12.4 Å². The highest BCUT2D eigenvalue weighted by Gasteiger charge is 2.29. The van der Waals surface area contributed by atoms with Gasteiger partial charge in [-0.15, -0.1) is 0 Å². The van der Waals surface area contributed by atoms with Crippen LogP contribution < -0.4 is 10.1 Å². The first-order chi connectivity index (χ1) is 10.1. The first-order valence-electron chi connectivity index (χ1n) is 8.08. The van der Waals surface area contributed by atoms with Crippen LogP contribution in [0.5, 0.6) is 5.75 Å². The fraction of sp³-hybridized carbons (Fsp3) is 0.706. The van der Waals surface area contributed by atoms with Crippen molar-refractivity contribution >= 4 is 0 Å². The monoisotopic (exact) mass is 292 g/mol. The minimum absolute atomic E-state index is 0.375. The van der Waals surface area contributed by atoms with Crippen molar-refractivity contribution in [2.24, 2.45) is 5.92 Å². The highest BCUT2D eigenvalue weighted by molar-refractivity contribution is 5.20. The van der Waals surface area contributed by atoms with Gasteiger partial charge in [-0.2, -0.15) is 0 Å². The second kappa shape index (κ2) is 7.76. The molecule has 1 heterocycles. The van der Waals surface area contributed by atoms with Crippen molar-refractivity contribution in [3.8, 4) is 5.75 Å². The molecule has 1 fully saturated rings. The molecule has 0 bridgehead atoms. The Morgan fingerprint density at radius 2 is 2.05 bits per heavy atom. The number of rotatable bonds is 7. The predicted molar refractivity (Wildman–Crippen MR) is 84.3 cm³/mol. The number of aromatic nitrogens is 1. The third kappa shape index (κ3) is 5.64. The third-order valence-electron chi connectivity index (χ3n) is 3.95. The molecule has 0 saturated heterocycles. The van der Waals surface area contributed by atoms with E-state index in [9.17, 15) is 5.11 Å². The van der Waals surface area contributed by atoms with Gasteiger partial charge in [0.2, 0.25) is 0 Å². The molecule has 0 spiro atoms. The summed E-state index contributed by atoms with van der Waals surface area (Å²) in [5, 5.41) is 13.8. The number of hydrogen-bond donors (Lipinski definition) is 2. The topological polar surface area (TPSA) is 54.4 Å². The van der Waals surface area contributed by atoms with Crippen LogP contribution >= 0.6 is 0 Å². The van der Waals surface area contributed by atoms with Gasteiger partial charge in [-0.25, -0.2) is 0 Å². The van der Waals surface area contributed by atoms with E-state index in [4.69, 9.17) is 4.74 Å². The van der Waals surface area contributed by atoms with Crippen LogP contribution in [0.1, 0.15) is 51.6 Å². The second-order valence-corrected chi connectivity index (χ2v) is 6.58. The lowest BCUT2D eigenvalue weighted by atomic mass is 9.86. The average Bonchev–Trinajstić information content (AvgIpc) is 2.47. The Balaban J connectivity index is 1.76. The number of ether oxygens (including phenoxy) is 1. The Bertz CT molecular complexity index is 411. The van der Waals surface area contributed by atoms with Gasteiger partial charge in [0.05, 0.1) is 17.5 Å². The standard InChI is InChI=1S/C17H28N2O2/c1-14(2)10-18-11-15-6-7-16(12-19-15)21-13-17(20)8-4-3-5-9-17/h6-7,12,14,18,20H,3-5,8-11,13H2,1-2H3. The molecule has 0 radical (unpaired) electrons. The van der Waals surface area contributed by atoms with Crippen molar-refractivity contribution in [2.75, 3.05) is 13.2 Å². The molecule has 118 valence electrons. The highest BCUT2D eigenvalue weighted by atomic mass is 16.5. The number of nitrogens with zero attached hydrogens (tertiary/aromatic N) is 1. The van der Waals surface area contributed by atoms with E-state index in [0.29, 0.717) is 12.5 Å². The molecule has 2 N–H and O–H groups in total. The molecule has 0 unspecified atom stereocenters. The second-order valence-electron chi connectivity index (χ2n) is 6.58. The summed E-state index contributed by atoms with van der Waals surface area (Å²) in [4.78, 5) is 4.39. The van der Waals surface area contributed by atoms with Crippen LogP contribution in [0.3, 0.4) is 0 Å². The minimum atomic E-state index is -0.643. The lowest BCUT2D eigenvalue weighted by Crippen LogP contribution is -2.37. The summed E-state index contributed by atoms with van der Waals surface area (Å²) in [6.07, 6.45) is 6.85. The predicted octanol–water partition coefficient (Wildman–Crippen LogP) is 2.90. The molecule has 1 aromatic rings. The number of nitrogens with one attached hydrogen (secondary N) is 1. The first kappa shape index (κ1) is 16.2. The maximum Gasteiger partial charge on any atom is 0.137 e. The molecular weight excluding hydrogens is 264 g/mol. The van der Waals surface area contributed by atoms with Crippen molar-refractivity contribution in [1.29, 1.82) is 0 Å². The van der Waals surface area contributed by atoms with E-state index in [2.05, 4.69) is 24.1 Å². The Kier molecular flexibility index (Phi) is 6.00. The van der Waals surface area contributed by atoms with E-state index in [1.165, 1.54) is 6.42 Å². The molecule has 0 aliphatic heterocycles. The lowest BCUT2D eigenvalue weighted by molar-refractivity contribution is -0.0339. The van der Waals surface area contributed by atoms with E-state index >= 15 is 0 Å². The largest absolute Gasteiger partial charge is 0.489 e. The summed E-state index contributed by atoms with van der Waals surface area (Å²) in [5.74, 6) is 1.38. The summed E-state index contributed by atoms with van der Waals surface area (Å²) in [6.45, 7) is 6.52. The van der Waals surface area contributed by atoms with E-state index in [-0.39, 0.29) is 0 Å². The third-order valence-corrected chi connectivity index (χ3v) is 3.95. The average molecular weight is 292 g/mol. The van der Waals surface area contributed by atoms with E-state index in [0.717, 1.165) is 50.2 Å². The summed E-state index contributed by atoms with van der Waals surface area (Å²) >= 11 is 0. The molecule has 4 nitrogen and oxygen atoms in total. The van der Waals surface area contributed by atoms with Crippen LogP contribution in [0.15, 0.2) is 18.3 Å². The summed E-state index contributed by atoms with van der Waals surface area (Å²) in [5.41, 5.74) is 0.370. The van der Waals surface area contributed by atoms with Gasteiger partial charge in [-0.05, 0) is 37.4 Å². The van der Waals surface area contributed by atoms with Gasteiger partial charge in [-0.3, -0.25) is 4.98 Å². The van der Waals surface area contributed by atoms with E-state index < -0.39 is 5.60 Å². The number of pyridine rings is 1. The molecule has 21 heavy (non-hydrogen) atoms. The normalized spacial score (nSPS) is 17.9. The van der Waals surface area contributed by atoms with Crippen LogP contribution in [-0.2, 0) is 6.54 Å². The zero-order valence-electron chi connectivity index (χ0n) is 13.3. The van der Waals surface area contributed by atoms with Crippen molar-refractivity contribution in [1.82, 2.24) is 10.3 Å². The smallest absolute Gasteiger partial charge is 0.137 e. The maximum absolute atomic E-state index is 10.4. The van der Waals surface area contributed by atoms with Crippen LogP contribution in [0.2, 0.25) is 0 Å². The van der Waals surface area contributed by atoms with E-state index in [1.807, 2.05) is 12.1 Å². The summed E-state index contributed by atoms with van der Waals surface area (Å²) < 4.78 is 5.71. The Morgan fingerprint density at radius 3 is 2.67 bits per heavy atom. The first-order valence-corrected chi connectivity index (χ1v) is 8.08. The maximum atomic E-state index is 10.4. The van der Waals surface area contributed by atoms with Crippen LogP contribution in [0.4, 0.5) is 0 Å². The van der Waals surface area contributed by atoms with Crippen LogP contribution in [0, 0.1) is 5.92 Å². The molecule has 1 aromatic heterocycles. The molecule has 0 atom stereocenters. The van der Waals surface area contributed by atoms with Crippen LogP contribution in [-0.4, -0.2) is 28.8 Å². The Morgan fingerprint density at radius 1 is 1.29 bits per heavy atom. The van der Waals surface area contributed by atoms with Crippen molar-refractivity contribution in [2.45, 2.75) is 58.1 Å². The van der Waals surface area contributed by atoms with Crippen molar-refractivity contribution in [3.05, 3.63) is 24.0 Å². The molecule has 1 aliphatic rings. The van der Waals surface area contributed by atoms with Gasteiger partial charge >= 0.3 is 0 Å². The molecule has 1 saturated carbocycles. The highest BCUT2D eigenvalue weighted by Crippen LogP contribution is 2.28. The zero-order chi connectivity index (χ0) is 15.1. The van der Waals surface area contributed by atoms with Gasteiger partial charge < -0.3 is 15.2 Å². The van der Waals surface area contributed by atoms with Gasteiger partial charge in [-0.1, -0.05) is 33.1 Å². The number of aliphatic hydroxyl groups is 1. The molecule has 0 amide bonds. The molecule has 4 heteroatoms. The van der Waals surface area contributed by atoms with Crippen LogP contribution in [0.25, 0.3) is 0 Å². The fourth-order valence-electron chi connectivity index (χ4n) is 2.66. The number of hydrogen-bond acceptors (Lipinski definition) is 4. The zero-order valence-corrected chi connectivity index (χ0v) is 13.3.